The number of nitrogens with one attached hydrogen (secondary N) is 1. The molecule has 0 saturated heterocycles. The molecule has 0 aliphatic rings. The molecule has 1 N–H and O–H groups in total. The predicted molar refractivity (Wildman–Crippen MR) is 99.6 cm³/mol. The van der Waals surface area contributed by atoms with Gasteiger partial charge in [-0.1, -0.05) is 61.4 Å². The number of sulfonamides is 1. The minimum Gasteiger partial charge on any atom is -0.211 e. The Morgan fingerprint density at radius 2 is 1.38 bits per heavy atom. The van der Waals surface area contributed by atoms with E-state index in [-0.39, 0.29) is 5.41 Å². The standard InChI is InChI=1S/C20H27NO2S/c1-16-5-9-18(10-6-16)13-14-20(3,4)15-21-24(22,23)19-11-7-17(2)8-12-19/h5-12,21H,13-15H2,1-4H3. The average Bonchev–Trinajstić information content (AvgIpc) is 2.53. The normalized spacial score (nSPS) is 12.3. The molecular weight excluding hydrogens is 318 g/mol. The lowest BCUT2D eigenvalue weighted by atomic mass is 9.86. The zero-order valence-corrected chi connectivity index (χ0v) is 15.8. The van der Waals surface area contributed by atoms with E-state index in [2.05, 4.69) is 49.8 Å². The third-order valence-corrected chi connectivity index (χ3v) is 5.70. The Morgan fingerprint density at radius 3 is 1.92 bits per heavy atom. The van der Waals surface area contributed by atoms with Crippen molar-refractivity contribution in [2.45, 2.75) is 45.4 Å². The van der Waals surface area contributed by atoms with Gasteiger partial charge in [0.2, 0.25) is 10.0 Å². The zero-order chi connectivity index (χ0) is 17.8. The van der Waals surface area contributed by atoms with E-state index in [1.165, 1.54) is 11.1 Å². The maximum atomic E-state index is 12.4. The van der Waals surface area contributed by atoms with Crippen LogP contribution in [-0.4, -0.2) is 15.0 Å². The number of aryl methyl sites for hydroxylation is 3. The third kappa shape index (κ3) is 5.46. The molecule has 24 heavy (non-hydrogen) atoms. The molecule has 0 fully saturated rings. The van der Waals surface area contributed by atoms with E-state index in [1.54, 1.807) is 12.1 Å². The number of benzene rings is 2. The summed E-state index contributed by atoms with van der Waals surface area (Å²) in [5.41, 5.74) is 3.48. The summed E-state index contributed by atoms with van der Waals surface area (Å²) in [7, 11) is -3.45. The molecule has 0 atom stereocenters. The Labute approximate surface area is 146 Å². The fourth-order valence-corrected chi connectivity index (χ4v) is 3.66. The summed E-state index contributed by atoms with van der Waals surface area (Å²) < 4.78 is 27.5. The maximum absolute atomic E-state index is 12.4. The first-order valence-electron chi connectivity index (χ1n) is 8.30. The number of hydrogen-bond acceptors (Lipinski definition) is 2. The highest BCUT2D eigenvalue weighted by Crippen LogP contribution is 2.23. The van der Waals surface area contributed by atoms with Crippen molar-refractivity contribution in [1.82, 2.24) is 4.72 Å². The van der Waals surface area contributed by atoms with Crippen LogP contribution < -0.4 is 4.72 Å². The molecule has 2 rings (SSSR count). The van der Waals surface area contributed by atoms with Gasteiger partial charge in [0, 0.05) is 6.54 Å². The van der Waals surface area contributed by atoms with Crippen LogP contribution >= 0.6 is 0 Å². The Kier molecular flexibility index (Phi) is 5.83. The van der Waals surface area contributed by atoms with Crippen LogP contribution in [0.15, 0.2) is 53.4 Å². The smallest absolute Gasteiger partial charge is 0.211 e. The molecule has 3 nitrogen and oxygen atoms in total. The lowest BCUT2D eigenvalue weighted by Gasteiger charge is -2.25. The van der Waals surface area contributed by atoms with Crippen LogP contribution in [0.2, 0.25) is 0 Å². The van der Waals surface area contributed by atoms with Crippen LogP contribution in [0.5, 0.6) is 0 Å². The van der Waals surface area contributed by atoms with Gasteiger partial charge < -0.3 is 0 Å². The first-order valence-corrected chi connectivity index (χ1v) is 9.78. The lowest BCUT2D eigenvalue weighted by molar-refractivity contribution is 0.334. The fourth-order valence-electron chi connectivity index (χ4n) is 2.42. The third-order valence-electron chi connectivity index (χ3n) is 4.28. The van der Waals surface area contributed by atoms with Crippen molar-refractivity contribution >= 4 is 10.0 Å². The second kappa shape index (κ2) is 7.49. The molecule has 0 heterocycles. The van der Waals surface area contributed by atoms with Crippen LogP contribution in [0.3, 0.4) is 0 Å². The maximum Gasteiger partial charge on any atom is 0.240 e. The van der Waals surface area contributed by atoms with Crippen molar-refractivity contribution in [3.8, 4) is 0 Å². The molecule has 0 bridgehead atoms. The predicted octanol–water partition coefficient (Wildman–Crippen LogP) is 4.24. The van der Waals surface area contributed by atoms with Gasteiger partial charge in [0.15, 0.2) is 0 Å². The van der Waals surface area contributed by atoms with E-state index in [9.17, 15) is 8.42 Å². The van der Waals surface area contributed by atoms with E-state index < -0.39 is 10.0 Å². The molecular formula is C20H27NO2S. The molecule has 2 aromatic rings. The van der Waals surface area contributed by atoms with Crippen LogP contribution in [-0.2, 0) is 16.4 Å². The first-order chi connectivity index (χ1) is 11.2. The van der Waals surface area contributed by atoms with Crippen LogP contribution in [0, 0.1) is 19.3 Å². The van der Waals surface area contributed by atoms with Gasteiger partial charge in [0.05, 0.1) is 4.90 Å². The van der Waals surface area contributed by atoms with Gasteiger partial charge in [0.25, 0.3) is 0 Å². The second-order valence-electron chi connectivity index (χ2n) is 7.29. The van der Waals surface area contributed by atoms with Gasteiger partial charge in [-0.2, -0.15) is 0 Å². The summed E-state index contributed by atoms with van der Waals surface area (Å²) in [6, 6.07) is 15.4. The molecule has 0 spiro atoms. The summed E-state index contributed by atoms with van der Waals surface area (Å²) in [5.74, 6) is 0. The Hall–Kier alpha value is -1.65. The van der Waals surface area contributed by atoms with E-state index >= 15 is 0 Å². The minimum atomic E-state index is -3.45. The lowest BCUT2D eigenvalue weighted by Crippen LogP contribution is -2.34. The van der Waals surface area contributed by atoms with Crippen LogP contribution in [0.25, 0.3) is 0 Å². The topological polar surface area (TPSA) is 46.2 Å². The summed E-state index contributed by atoms with van der Waals surface area (Å²) in [6.07, 6.45) is 1.87. The Bertz CT molecular complexity index is 760. The van der Waals surface area contributed by atoms with Gasteiger partial charge in [-0.05, 0) is 49.8 Å². The Morgan fingerprint density at radius 1 is 0.875 bits per heavy atom. The zero-order valence-electron chi connectivity index (χ0n) is 15.0. The van der Waals surface area contributed by atoms with Gasteiger partial charge >= 0.3 is 0 Å². The SMILES string of the molecule is Cc1ccc(CCC(C)(C)CNS(=O)(=O)c2ccc(C)cc2)cc1. The van der Waals surface area contributed by atoms with Crippen molar-refractivity contribution in [2.75, 3.05) is 6.54 Å². The molecule has 0 unspecified atom stereocenters. The van der Waals surface area contributed by atoms with Crippen molar-refractivity contribution in [1.29, 1.82) is 0 Å². The van der Waals surface area contributed by atoms with E-state index in [1.807, 2.05) is 19.1 Å². The van der Waals surface area contributed by atoms with Crippen molar-refractivity contribution in [3.63, 3.8) is 0 Å². The van der Waals surface area contributed by atoms with E-state index in [4.69, 9.17) is 0 Å². The molecule has 0 aromatic heterocycles. The van der Waals surface area contributed by atoms with Crippen molar-refractivity contribution < 1.29 is 8.42 Å². The summed E-state index contributed by atoms with van der Waals surface area (Å²) >= 11 is 0. The highest BCUT2D eigenvalue weighted by molar-refractivity contribution is 7.89. The summed E-state index contributed by atoms with van der Waals surface area (Å²) in [6.45, 7) is 8.64. The Balaban J connectivity index is 1.93. The molecule has 0 saturated carbocycles. The number of rotatable bonds is 7. The molecule has 0 amide bonds. The largest absolute Gasteiger partial charge is 0.240 e. The molecule has 0 aliphatic carbocycles. The van der Waals surface area contributed by atoms with Crippen LogP contribution in [0.1, 0.15) is 37.0 Å². The van der Waals surface area contributed by atoms with E-state index in [0.29, 0.717) is 11.4 Å². The van der Waals surface area contributed by atoms with Gasteiger partial charge in [-0.3, -0.25) is 0 Å². The van der Waals surface area contributed by atoms with E-state index in [0.717, 1.165) is 18.4 Å². The average molecular weight is 346 g/mol. The first kappa shape index (κ1) is 18.7. The molecule has 0 aliphatic heterocycles. The van der Waals surface area contributed by atoms with Crippen LogP contribution in [0.4, 0.5) is 0 Å². The van der Waals surface area contributed by atoms with Crippen molar-refractivity contribution in [2.24, 2.45) is 5.41 Å². The molecule has 0 radical (unpaired) electrons. The van der Waals surface area contributed by atoms with Gasteiger partial charge in [-0.25, -0.2) is 13.1 Å². The molecule has 130 valence electrons. The summed E-state index contributed by atoms with van der Waals surface area (Å²) in [4.78, 5) is 0.322. The number of hydrogen-bond donors (Lipinski definition) is 1. The fraction of sp³-hybridized carbons (Fsp3) is 0.400. The molecule has 4 heteroatoms. The highest BCUT2D eigenvalue weighted by atomic mass is 32.2. The van der Waals surface area contributed by atoms with Gasteiger partial charge in [-0.15, -0.1) is 0 Å². The molecule has 2 aromatic carbocycles. The quantitative estimate of drug-likeness (QED) is 0.816. The van der Waals surface area contributed by atoms with Gasteiger partial charge in [0.1, 0.15) is 0 Å². The van der Waals surface area contributed by atoms with Crippen molar-refractivity contribution in [3.05, 3.63) is 65.2 Å². The monoisotopic (exact) mass is 345 g/mol. The minimum absolute atomic E-state index is 0.108. The highest BCUT2D eigenvalue weighted by Gasteiger charge is 2.22. The summed E-state index contributed by atoms with van der Waals surface area (Å²) in [5, 5.41) is 0. The second-order valence-corrected chi connectivity index (χ2v) is 9.05.